The second kappa shape index (κ2) is 5.78. The lowest BCUT2D eigenvalue weighted by molar-refractivity contribution is -0.138. The summed E-state index contributed by atoms with van der Waals surface area (Å²) < 4.78 is 38.7. The molecular weight excluding hydrogens is 377 g/mol. The van der Waals surface area contributed by atoms with E-state index < -0.39 is 22.9 Å². The molecule has 2 rings (SSSR count). The van der Waals surface area contributed by atoms with Crippen molar-refractivity contribution < 1.29 is 13.2 Å². The zero-order valence-corrected chi connectivity index (χ0v) is 12.7. The average molecular weight is 383 g/mol. The zero-order chi connectivity index (χ0) is 17.4. The van der Waals surface area contributed by atoms with E-state index in [0.717, 1.165) is 12.1 Å². The molecule has 0 aliphatic rings. The van der Waals surface area contributed by atoms with Gasteiger partial charge in [0.2, 0.25) is 0 Å². The Bertz CT molecular complexity index is 935. The van der Waals surface area contributed by atoms with Crippen LogP contribution < -0.4 is 11.3 Å². The fraction of sp³-hybridized carbons (Fsp3) is 0.0714. The van der Waals surface area contributed by atoms with Crippen molar-refractivity contribution in [2.45, 2.75) is 6.18 Å². The lowest BCUT2D eigenvalue weighted by atomic mass is 9.95. The van der Waals surface area contributed by atoms with Crippen molar-refractivity contribution in [2.24, 2.45) is 0 Å². The molecule has 0 saturated heterocycles. The summed E-state index contributed by atoms with van der Waals surface area (Å²) >= 11 is 2.84. The van der Waals surface area contributed by atoms with Gasteiger partial charge in [-0.2, -0.15) is 23.7 Å². The number of anilines is 1. The second-order valence-corrected chi connectivity index (χ2v) is 5.17. The van der Waals surface area contributed by atoms with E-state index in [2.05, 4.69) is 20.9 Å². The minimum Gasteiger partial charge on any atom is -0.384 e. The number of aromatic nitrogens is 1. The quantitative estimate of drug-likeness (QED) is 0.789. The third-order valence-corrected chi connectivity index (χ3v) is 3.90. The molecule has 23 heavy (non-hydrogen) atoms. The number of alkyl halides is 3. The minimum absolute atomic E-state index is 0.120. The molecule has 0 unspecified atom stereocenters. The van der Waals surface area contributed by atoms with E-state index in [9.17, 15) is 23.2 Å². The molecular formula is C14H6BrF3N4O. The van der Waals surface area contributed by atoms with Crippen molar-refractivity contribution in [3.8, 4) is 23.3 Å². The van der Waals surface area contributed by atoms with Gasteiger partial charge in [-0.15, -0.1) is 0 Å². The molecule has 0 spiro atoms. The van der Waals surface area contributed by atoms with E-state index in [-0.39, 0.29) is 27.0 Å². The molecule has 5 nitrogen and oxygen atoms in total. The number of nitriles is 2. The number of H-pyrrole nitrogens is 1. The first-order valence-electron chi connectivity index (χ1n) is 5.94. The van der Waals surface area contributed by atoms with Gasteiger partial charge in [0.15, 0.2) is 0 Å². The standard InChI is InChI=1S/C14H6BrF3N4O/c15-11-6(2-1-3-9(11)14(16,17)18)10-7(4-19)12(21)22-13(23)8(10)5-20/h1-3H,(H3,21,22,23). The third kappa shape index (κ3) is 2.79. The monoisotopic (exact) mass is 382 g/mol. The van der Waals surface area contributed by atoms with Crippen LogP contribution in [0.25, 0.3) is 11.1 Å². The predicted molar refractivity (Wildman–Crippen MR) is 79.0 cm³/mol. The van der Waals surface area contributed by atoms with Crippen LogP contribution in [0.3, 0.4) is 0 Å². The summed E-state index contributed by atoms with van der Waals surface area (Å²) in [7, 11) is 0. The molecule has 2 aromatic rings. The molecule has 0 fully saturated rings. The van der Waals surface area contributed by atoms with Gasteiger partial charge in [-0.3, -0.25) is 4.79 Å². The zero-order valence-electron chi connectivity index (χ0n) is 11.1. The predicted octanol–water partition coefficient (Wildman–Crippen LogP) is 3.15. The van der Waals surface area contributed by atoms with E-state index in [4.69, 9.17) is 11.0 Å². The fourth-order valence-corrected chi connectivity index (χ4v) is 2.74. The number of benzene rings is 1. The van der Waals surface area contributed by atoms with Gasteiger partial charge in [0, 0.05) is 10.0 Å². The van der Waals surface area contributed by atoms with E-state index in [1.807, 2.05) is 0 Å². The summed E-state index contributed by atoms with van der Waals surface area (Å²) in [6.45, 7) is 0. The summed E-state index contributed by atoms with van der Waals surface area (Å²) in [4.78, 5) is 13.9. The summed E-state index contributed by atoms with van der Waals surface area (Å²) in [5.74, 6) is -0.323. The Morgan fingerprint density at radius 2 is 1.78 bits per heavy atom. The van der Waals surface area contributed by atoms with Crippen LogP contribution in [0.2, 0.25) is 0 Å². The molecule has 1 heterocycles. The number of halogens is 4. The van der Waals surface area contributed by atoms with Crippen LogP contribution in [0, 0.1) is 22.7 Å². The number of aromatic amines is 1. The Kier molecular flexibility index (Phi) is 4.17. The highest BCUT2D eigenvalue weighted by Gasteiger charge is 2.34. The average Bonchev–Trinajstić information content (AvgIpc) is 2.45. The van der Waals surface area contributed by atoms with Gasteiger partial charge in [0.25, 0.3) is 5.56 Å². The number of nitrogen functional groups attached to an aromatic ring is 1. The largest absolute Gasteiger partial charge is 0.417 e. The number of nitrogens with one attached hydrogen (secondary N) is 1. The van der Waals surface area contributed by atoms with Gasteiger partial charge in [-0.1, -0.05) is 12.1 Å². The van der Waals surface area contributed by atoms with Crippen molar-refractivity contribution in [1.29, 1.82) is 10.5 Å². The van der Waals surface area contributed by atoms with Gasteiger partial charge < -0.3 is 10.7 Å². The summed E-state index contributed by atoms with van der Waals surface area (Å²) in [5, 5.41) is 18.3. The maximum atomic E-state index is 13.0. The highest BCUT2D eigenvalue weighted by atomic mass is 79.9. The maximum Gasteiger partial charge on any atom is 0.417 e. The first-order valence-corrected chi connectivity index (χ1v) is 6.73. The molecule has 9 heteroatoms. The summed E-state index contributed by atoms with van der Waals surface area (Å²) in [6.07, 6.45) is -4.65. The first-order chi connectivity index (χ1) is 10.7. The highest BCUT2D eigenvalue weighted by molar-refractivity contribution is 9.10. The van der Waals surface area contributed by atoms with Gasteiger partial charge in [-0.05, 0) is 27.6 Å². The molecule has 0 aliphatic carbocycles. The SMILES string of the molecule is N#Cc1c(N)[nH]c(=O)c(C#N)c1-c1cccc(C(F)(F)F)c1Br. The smallest absolute Gasteiger partial charge is 0.384 e. The van der Waals surface area contributed by atoms with Crippen molar-refractivity contribution >= 4 is 21.7 Å². The maximum absolute atomic E-state index is 13.0. The third-order valence-electron chi connectivity index (χ3n) is 3.04. The summed E-state index contributed by atoms with van der Waals surface area (Å²) in [5.41, 5.74) is 2.53. The number of nitrogens with zero attached hydrogens (tertiary/aromatic N) is 2. The molecule has 0 bridgehead atoms. The number of nitrogens with two attached hydrogens (primary N) is 1. The van der Waals surface area contributed by atoms with E-state index in [1.54, 1.807) is 12.1 Å². The normalized spacial score (nSPS) is 10.9. The molecule has 0 aliphatic heterocycles. The van der Waals surface area contributed by atoms with Gasteiger partial charge in [-0.25, -0.2) is 0 Å². The summed E-state index contributed by atoms with van der Waals surface area (Å²) in [6, 6.07) is 6.51. The Labute approximate surface area is 135 Å². The van der Waals surface area contributed by atoms with Gasteiger partial charge >= 0.3 is 6.18 Å². The van der Waals surface area contributed by atoms with E-state index in [0.29, 0.717) is 0 Å². The Morgan fingerprint density at radius 3 is 2.30 bits per heavy atom. The highest BCUT2D eigenvalue weighted by Crippen LogP contribution is 2.41. The van der Waals surface area contributed by atoms with E-state index in [1.165, 1.54) is 6.07 Å². The van der Waals surface area contributed by atoms with Crippen LogP contribution in [-0.4, -0.2) is 4.98 Å². The van der Waals surface area contributed by atoms with Crippen LogP contribution in [0.5, 0.6) is 0 Å². The van der Waals surface area contributed by atoms with Crippen LogP contribution in [0.15, 0.2) is 27.5 Å². The van der Waals surface area contributed by atoms with Crippen LogP contribution in [-0.2, 0) is 6.18 Å². The first kappa shape index (κ1) is 16.6. The Morgan fingerprint density at radius 1 is 1.17 bits per heavy atom. The number of hydrogen-bond acceptors (Lipinski definition) is 4. The Hall–Kier alpha value is -2.78. The van der Waals surface area contributed by atoms with Crippen LogP contribution in [0.4, 0.5) is 19.0 Å². The lowest BCUT2D eigenvalue weighted by Gasteiger charge is -2.15. The van der Waals surface area contributed by atoms with Gasteiger partial charge in [0.05, 0.1) is 5.56 Å². The molecule has 0 atom stereocenters. The molecule has 116 valence electrons. The number of pyridine rings is 1. The molecule has 0 saturated carbocycles. The van der Waals surface area contributed by atoms with E-state index >= 15 is 0 Å². The second-order valence-electron chi connectivity index (χ2n) is 4.38. The molecule has 1 aromatic heterocycles. The molecule has 1 aromatic carbocycles. The van der Waals surface area contributed by atoms with Crippen LogP contribution in [0.1, 0.15) is 16.7 Å². The van der Waals surface area contributed by atoms with Crippen molar-refractivity contribution in [3.63, 3.8) is 0 Å². The van der Waals surface area contributed by atoms with Gasteiger partial charge in [0.1, 0.15) is 29.1 Å². The fourth-order valence-electron chi connectivity index (χ4n) is 2.06. The van der Waals surface area contributed by atoms with Crippen LogP contribution >= 0.6 is 15.9 Å². The molecule has 0 radical (unpaired) electrons. The van der Waals surface area contributed by atoms with Crippen molar-refractivity contribution in [1.82, 2.24) is 4.98 Å². The number of rotatable bonds is 1. The molecule has 3 N–H and O–H groups in total. The van der Waals surface area contributed by atoms with Crippen molar-refractivity contribution in [2.75, 3.05) is 5.73 Å². The molecule has 0 amide bonds. The van der Waals surface area contributed by atoms with Crippen molar-refractivity contribution in [3.05, 3.63) is 49.7 Å². The number of hydrogen-bond donors (Lipinski definition) is 2. The topological polar surface area (TPSA) is 106 Å². The minimum atomic E-state index is -4.65. The Balaban J connectivity index is 2.98. The lowest BCUT2D eigenvalue weighted by Crippen LogP contribution is -2.17.